The molecule has 0 radical (unpaired) electrons. The SMILES string of the molecule is CCc1nnc(N2CC(C(=O)N3CC4CC5CC(C4)CC3C5)CC2=O)s1. The van der Waals surface area contributed by atoms with E-state index < -0.39 is 0 Å². The molecule has 2 saturated carbocycles. The molecule has 5 aliphatic rings. The van der Waals surface area contributed by atoms with Crippen LogP contribution in [-0.2, 0) is 16.0 Å². The van der Waals surface area contributed by atoms with Gasteiger partial charge in [0.2, 0.25) is 16.9 Å². The van der Waals surface area contributed by atoms with Crippen LogP contribution in [0.4, 0.5) is 5.13 Å². The van der Waals surface area contributed by atoms with Crippen LogP contribution in [0.5, 0.6) is 0 Å². The molecule has 0 spiro atoms. The molecule has 1 aromatic heterocycles. The lowest BCUT2D eigenvalue weighted by Crippen LogP contribution is -2.45. The normalized spacial score (nSPS) is 36.0. The fourth-order valence-electron chi connectivity index (χ4n) is 5.84. The zero-order chi connectivity index (χ0) is 17.8. The summed E-state index contributed by atoms with van der Waals surface area (Å²) in [6, 6.07) is 0.413. The Labute approximate surface area is 158 Å². The summed E-state index contributed by atoms with van der Waals surface area (Å²) in [6.45, 7) is 3.42. The third-order valence-corrected chi connectivity index (χ3v) is 7.94. The summed E-state index contributed by atoms with van der Waals surface area (Å²) in [5.74, 6) is 2.34. The average Bonchev–Trinajstić information content (AvgIpc) is 3.19. The molecule has 3 atom stereocenters. The van der Waals surface area contributed by atoms with Gasteiger partial charge in [-0.3, -0.25) is 14.5 Å². The highest BCUT2D eigenvalue weighted by Gasteiger charge is 2.47. The molecule has 7 heteroatoms. The number of anilines is 1. The van der Waals surface area contributed by atoms with Gasteiger partial charge in [-0.1, -0.05) is 18.3 Å². The first-order chi connectivity index (χ1) is 12.6. The first-order valence-corrected chi connectivity index (χ1v) is 10.9. The molecule has 1 aromatic rings. The number of amides is 2. The van der Waals surface area contributed by atoms with E-state index in [4.69, 9.17) is 0 Å². The summed E-state index contributed by atoms with van der Waals surface area (Å²) in [6.07, 6.45) is 7.48. The lowest BCUT2D eigenvalue weighted by Gasteiger charge is -2.39. The van der Waals surface area contributed by atoms with Crippen LogP contribution in [0.15, 0.2) is 0 Å². The Morgan fingerprint density at radius 3 is 2.50 bits per heavy atom. The molecule has 2 amide bonds. The zero-order valence-electron chi connectivity index (χ0n) is 15.3. The van der Waals surface area contributed by atoms with E-state index >= 15 is 0 Å². The summed E-state index contributed by atoms with van der Waals surface area (Å²) in [7, 11) is 0. The van der Waals surface area contributed by atoms with Gasteiger partial charge in [-0.25, -0.2) is 0 Å². The number of aromatic nitrogens is 2. The molecule has 5 fully saturated rings. The molecule has 0 N–H and O–H groups in total. The van der Waals surface area contributed by atoms with Crippen molar-refractivity contribution in [3.63, 3.8) is 0 Å². The van der Waals surface area contributed by atoms with Gasteiger partial charge in [0.05, 0.1) is 5.92 Å². The summed E-state index contributed by atoms with van der Waals surface area (Å²) in [4.78, 5) is 29.7. The van der Waals surface area contributed by atoms with E-state index in [1.54, 1.807) is 4.90 Å². The fourth-order valence-corrected chi connectivity index (χ4v) is 6.65. The molecule has 2 aliphatic carbocycles. The third kappa shape index (κ3) is 2.75. The van der Waals surface area contributed by atoms with Crippen molar-refractivity contribution in [2.75, 3.05) is 18.0 Å². The van der Waals surface area contributed by atoms with Gasteiger partial charge in [-0.15, -0.1) is 10.2 Å². The quantitative estimate of drug-likeness (QED) is 0.815. The van der Waals surface area contributed by atoms with Crippen LogP contribution in [0, 0.1) is 23.7 Å². The van der Waals surface area contributed by atoms with Crippen molar-refractivity contribution < 1.29 is 9.59 Å². The van der Waals surface area contributed by atoms with Crippen molar-refractivity contribution >= 4 is 28.3 Å². The third-order valence-electron chi connectivity index (χ3n) is 6.85. The molecule has 3 unspecified atom stereocenters. The zero-order valence-corrected chi connectivity index (χ0v) is 16.1. The van der Waals surface area contributed by atoms with Crippen LogP contribution in [0.3, 0.4) is 0 Å². The lowest BCUT2D eigenvalue weighted by molar-refractivity contribution is -0.138. The predicted octanol–water partition coefficient (Wildman–Crippen LogP) is 2.49. The molecule has 140 valence electrons. The van der Waals surface area contributed by atoms with Gasteiger partial charge < -0.3 is 4.90 Å². The number of aryl methyl sites for hydroxylation is 1. The predicted molar refractivity (Wildman–Crippen MR) is 98.8 cm³/mol. The Kier molecular flexibility index (Phi) is 4.03. The number of hydrogen-bond donors (Lipinski definition) is 0. The summed E-state index contributed by atoms with van der Waals surface area (Å²) in [5, 5.41) is 9.86. The van der Waals surface area contributed by atoms with Crippen molar-refractivity contribution in [2.45, 2.75) is 57.9 Å². The van der Waals surface area contributed by atoms with Crippen LogP contribution < -0.4 is 4.90 Å². The second-order valence-corrected chi connectivity index (χ2v) is 9.70. The van der Waals surface area contributed by atoms with Crippen LogP contribution in [-0.4, -0.2) is 46.0 Å². The molecular formula is C19H26N4O2S. The summed E-state index contributed by atoms with van der Waals surface area (Å²) >= 11 is 1.47. The second-order valence-electron chi connectivity index (χ2n) is 8.66. The second kappa shape index (κ2) is 6.29. The van der Waals surface area contributed by atoms with Gasteiger partial charge in [0.1, 0.15) is 5.01 Å². The molecular weight excluding hydrogens is 348 g/mol. The maximum atomic E-state index is 13.3. The number of nitrogens with zero attached hydrogens (tertiary/aromatic N) is 4. The van der Waals surface area contributed by atoms with E-state index in [2.05, 4.69) is 15.1 Å². The van der Waals surface area contributed by atoms with Gasteiger partial charge in [-0.2, -0.15) is 0 Å². The molecule has 4 bridgehead atoms. The Balaban J connectivity index is 1.32. The van der Waals surface area contributed by atoms with Gasteiger partial charge in [0.15, 0.2) is 0 Å². The molecule has 6 rings (SSSR count). The topological polar surface area (TPSA) is 66.4 Å². The number of carbonyl (C=O) groups is 2. The minimum atomic E-state index is -0.216. The molecule has 6 nitrogen and oxygen atoms in total. The first-order valence-electron chi connectivity index (χ1n) is 10.0. The van der Waals surface area contributed by atoms with Crippen LogP contribution in [0.2, 0.25) is 0 Å². The van der Waals surface area contributed by atoms with Crippen molar-refractivity contribution in [3.8, 4) is 0 Å². The number of hydrogen-bond acceptors (Lipinski definition) is 5. The number of carbonyl (C=O) groups excluding carboxylic acids is 2. The standard InChI is InChI=1S/C19H26N4O2S/c1-2-16-20-21-19(26-16)23-10-14(8-17(23)24)18(25)22-9-13-4-11-3-12(5-13)7-15(22)6-11/h11-15H,2-10H2,1H3. The number of fused-ring (bicyclic) bond motifs is 1. The Hall–Kier alpha value is -1.50. The molecule has 26 heavy (non-hydrogen) atoms. The Morgan fingerprint density at radius 2 is 1.81 bits per heavy atom. The van der Waals surface area contributed by atoms with Crippen LogP contribution >= 0.6 is 11.3 Å². The smallest absolute Gasteiger partial charge is 0.229 e. The van der Waals surface area contributed by atoms with E-state index in [0.717, 1.165) is 29.8 Å². The maximum absolute atomic E-state index is 13.3. The highest BCUT2D eigenvalue weighted by Crippen LogP contribution is 2.48. The summed E-state index contributed by atoms with van der Waals surface area (Å²) < 4.78 is 0. The molecule has 3 saturated heterocycles. The monoisotopic (exact) mass is 374 g/mol. The fraction of sp³-hybridized carbons (Fsp3) is 0.789. The minimum absolute atomic E-state index is 0.0165. The molecule has 0 aromatic carbocycles. The largest absolute Gasteiger partial charge is 0.339 e. The Bertz CT molecular complexity index is 721. The van der Waals surface area contributed by atoms with Gasteiger partial charge in [0.25, 0.3) is 0 Å². The molecule has 3 aliphatic heterocycles. The van der Waals surface area contributed by atoms with Crippen molar-refractivity contribution in [2.24, 2.45) is 23.7 Å². The van der Waals surface area contributed by atoms with E-state index in [9.17, 15) is 9.59 Å². The Morgan fingerprint density at radius 1 is 1.08 bits per heavy atom. The van der Waals surface area contributed by atoms with Crippen LogP contribution in [0.25, 0.3) is 0 Å². The van der Waals surface area contributed by atoms with Gasteiger partial charge >= 0.3 is 0 Å². The highest BCUT2D eigenvalue weighted by atomic mass is 32.1. The van der Waals surface area contributed by atoms with Crippen molar-refractivity contribution in [3.05, 3.63) is 5.01 Å². The van der Waals surface area contributed by atoms with Crippen LogP contribution in [0.1, 0.15) is 50.5 Å². The van der Waals surface area contributed by atoms with E-state index in [-0.39, 0.29) is 17.7 Å². The van der Waals surface area contributed by atoms with Gasteiger partial charge in [0, 0.05) is 25.6 Å². The first kappa shape index (κ1) is 16.7. The minimum Gasteiger partial charge on any atom is -0.339 e. The van der Waals surface area contributed by atoms with Gasteiger partial charge in [-0.05, 0) is 56.3 Å². The lowest BCUT2D eigenvalue weighted by atomic mass is 9.68. The number of rotatable bonds is 3. The summed E-state index contributed by atoms with van der Waals surface area (Å²) in [5.41, 5.74) is 0. The van der Waals surface area contributed by atoms with E-state index in [1.165, 1.54) is 43.4 Å². The van der Waals surface area contributed by atoms with Crippen molar-refractivity contribution in [1.29, 1.82) is 0 Å². The van der Waals surface area contributed by atoms with E-state index in [1.807, 2.05) is 6.92 Å². The highest BCUT2D eigenvalue weighted by molar-refractivity contribution is 7.15. The van der Waals surface area contributed by atoms with Crippen molar-refractivity contribution in [1.82, 2.24) is 15.1 Å². The van der Waals surface area contributed by atoms with E-state index in [0.29, 0.717) is 30.1 Å². The average molecular weight is 375 g/mol. The maximum Gasteiger partial charge on any atom is 0.229 e. The molecule has 4 heterocycles.